The maximum atomic E-state index is 13.3. The lowest BCUT2D eigenvalue weighted by Crippen LogP contribution is -2.08. The fourth-order valence-electron chi connectivity index (χ4n) is 4.21. The van der Waals surface area contributed by atoms with Gasteiger partial charge in [-0.05, 0) is 54.3 Å². The number of rotatable bonds is 8. The number of aromatic nitrogens is 2. The summed E-state index contributed by atoms with van der Waals surface area (Å²) < 4.78 is 16.4. The summed E-state index contributed by atoms with van der Waals surface area (Å²) in [6.07, 6.45) is 2.35. The van der Waals surface area contributed by atoms with Crippen LogP contribution >= 0.6 is 11.6 Å². The number of pyridine rings is 1. The summed E-state index contributed by atoms with van der Waals surface area (Å²) in [6.45, 7) is 1.94. The van der Waals surface area contributed by atoms with Crippen molar-refractivity contribution in [3.8, 4) is 23.0 Å². The van der Waals surface area contributed by atoms with Gasteiger partial charge >= 0.3 is 0 Å². The van der Waals surface area contributed by atoms with E-state index < -0.39 is 0 Å². The molecule has 180 valence electrons. The van der Waals surface area contributed by atoms with Gasteiger partial charge in [-0.25, -0.2) is 0 Å². The van der Waals surface area contributed by atoms with Crippen molar-refractivity contribution < 1.29 is 24.1 Å². The number of aromatic hydroxyl groups is 1. The first-order valence-electron chi connectivity index (χ1n) is 10.4. The van der Waals surface area contributed by atoms with Crippen LogP contribution in [0, 0.1) is 6.92 Å². The molecule has 0 atom stereocenters. The van der Waals surface area contributed by atoms with Gasteiger partial charge in [-0.3, -0.25) is 9.78 Å². The second kappa shape index (κ2) is 10.2. The minimum Gasteiger partial charge on any atom is -0.506 e. The van der Waals surface area contributed by atoms with Gasteiger partial charge in [0.25, 0.3) is 0 Å². The van der Waals surface area contributed by atoms with E-state index >= 15 is 0 Å². The summed E-state index contributed by atoms with van der Waals surface area (Å²) in [5, 5.41) is 12.1. The summed E-state index contributed by atoms with van der Waals surface area (Å²) in [7, 11) is 4.61. The minimum absolute atomic E-state index is 0. The number of hydrogen-bond donors (Lipinski definition) is 2. The van der Waals surface area contributed by atoms with E-state index in [1.54, 1.807) is 31.5 Å². The van der Waals surface area contributed by atoms with Gasteiger partial charge in [0.15, 0.2) is 17.3 Å². The number of carbonyl (C=O) groups excluding carboxylic acids is 1. The van der Waals surface area contributed by atoms with Crippen LogP contribution in [0.15, 0.2) is 30.5 Å². The Balaban J connectivity index is 0.00000324. The number of phenols is 1. The zero-order valence-electron chi connectivity index (χ0n) is 18.9. The Labute approximate surface area is 203 Å². The SMILES string of the molecule is C.COc1cc2cc(C(=O)Cc3cc(O)c4ncc(C)cc4c3CCCl)[nH]c2c(OC)c1OC. The molecule has 0 spiro atoms. The quantitative estimate of drug-likeness (QED) is 0.250. The topological polar surface area (TPSA) is 93.7 Å². The number of nitrogens with zero attached hydrogens (tertiary/aromatic N) is 1. The van der Waals surface area contributed by atoms with Gasteiger partial charge in [0.05, 0.1) is 32.5 Å². The Hall–Kier alpha value is -3.45. The molecule has 0 radical (unpaired) electrons. The summed E-state index contributed by atoms with van der Waals surface area (Å²) in [5.74, 6) is 1.70. The van der Waals surface area contributed by atoms with E-state index in [2.05, 4.69) is 9.97 Å². The molecular formula is C26H29ClN2O5. The highest BCUT2D eigenvalue weighted by Gasteiger charge is 2.21. The van der Waals surface area contributed by atoms with Crippen molar-refractivity contribution in [3.05, 3.63) is 52.8 Å². The fourth-order valence-corrected chi connectivity index (χ4v) is 4.40. The molecule has 0 bridgehead atoms. The number of methoxy groups -OCH3 is 3. The number of ketones is 1. The first-order chi connectivity index (χ1) is 15.9. The van der Waals surface area contributed by atoms with Crippen molar-refractivity contribution in [2.45, 2.75) is 27.2 Å². The van der Waals surface area contributed by atoms with Crippen LogP contribution in [0.25, 0.3) is 21.8 Å². The molecular weight excluding hydrogens is 456 g/mol. The number of carbonyl (C=O) groups is 1. The van der Waals surface area contributed by atoms with Crippen LogP contribution in [-0.4, -0.2) is 48.1 Å². The van der Waals surface area contributed by atoms with E-state index in [0.29, 0.717) is 46.3 Å². The van der Waals surface area contributed by atoms with Crippen molar-refractivity contribution in [1.82, 2.24) is 9.97 Å². The highest BCUT2D eigenvalue weighted by molar-refractivity contribution is 6.18. The standard InChI is InChI=1S/C25H25ClN2O5.CH4/c1-13-7-17-16(5-6-26)14(10-20(30)23(17)27-12-13)9-19(29)18-8-15-11-21(31-2)24(32-3)25(33-4)22(15)28-18;/h7-8,10-12,28,30H,5-6,9H2,1-4H3;1H4. The van der Waals surface area contributed by atoms with Gasteiger partial charge in [0.2, 0.25) is 5.75 Å². The molecule has 0 aliphatic rings. The third kappa shape index (κ3) is 4.35. The number of phenolic OH excluding ortho intramolecular Hbond substituents is 1. The van der Waals surface area contributed by atoms with Crippen LogP contribution in [0.1, 0.15) is 34.6 Å². The average Bonchev–Trinajstić information content (AvgIpc) is 3.24. The van der Waals surface area contributed by atoms with Crippen LogP contribution in [-0.2, 0) is 12.8 Å². The third-order valence-electron chi connectivity index (χ3n) is 5.71. The van der Waals surface area contributed by atoms with Gasteiger partial charge in [-0.2, -0.15) is 0 Å². The lowest BCUT2D eigenvalue weighted by Gasteiger charge is -2.13. The number of ether oxygens (including phenoxy) is 3. The number of hydrogen-bond acceptors (Lipinski definition) is 6. The minimum atomic E-state index is -0.138. The number of aryl methyl sites for hydroxylation is 2. The number of aromatic amines is 1. The molecule has 0 saturated carbocycles. The summed E-state index contributed by atoms with van der Waals surface area (Å²) >= 11 is 6.07. The lowest BCUT2D eigenvalue weighted by atomic mass is 9.94. The molecule has 4 rings (SSSR count). The van der Waals surface area contributed by atoms with Crippen LogP contribution < -0.4 is 14.2 Å². The molecule has 0 fully saturated rings. The number of nitrogens with one attached hydrogen (secondary N) is 1. The molecule has 0 amide bonds. The summed E-state index contributed by atoms with van der Waals surface area (Å²) in [6, 6.07) is 7.12. The van der Waals surface area contributed by atoms with Crippen molar-refractivity contribution >= 4 is 39.2 Å². The van der Waals surface area contributed by atoms with Gasteiger partial charge in [0.1, 0.15) is 11.3 Å². The molecule has 7 nitrogen and oxygen atoms in total. The molecule has 2 heterocycles. The molecule has 2 N–H and O–H groups in total. The number of halogens is 1. The van der Waals surface area contributed by atoms with E-state index in [9.17, 15) is 9.90 Å². The molecule has 34 heavy (non-hydrogen) atoms. The van der Waals surface area contributed by atoms with Crippen LogP contribution in [0.3, 0.4) is 0 Å². The predicted molar refractivity (Wildman–Crippen MR) is 135 cm³/mol. The monoisotopic (exact) mass is 484 g/mol. The molecule has 0 aliphatic heterocycles. The normalized spacial score (nSPS) is 10.9. The van der Waals surface area contributed by atoms with Gasteiger partial charge in [-0.15, -0.1) is 11.6 Å². The van der Waals surface area contributed by atoms with E-state index in [-0.39, 0.29) is 25.4 Å². The Morgan fingerprint density at radius 2 is 1.82 bits per heavy atom. The molecule has 4 aromatic rings. The van der Waals surface area contributed by atoms with Crippen molar-refractivity contribution in [2.24, 2.45) is 0 Å². The number of alkyl halides is 1. The maximum Gasteiger partial charge on any atom is 0.205 e. The van der Waals surface area contributed by atoms with Gasteiger partial charge in [-0.1, -0.05) is 7.43 Å². The largest absolute Gasteiger partial charge is 0.506 e. The van der Waals surface area contributed by atoms with E-state index in [0.717, 1.165) is 27.5 Å². The Morgan fingerprint density at radius 3 is 2.47 bits per heavy atom. The fraction of sp³-hybridized carbons (Fsp3) is 0.308. The van der Waals surface area contributed by atoms with Crippen LogP contribution in [0.2, 0.25) is 0 Å². The number of fused-ring (bicyclic) bond motifs is 2. The van der Waals surface area contributed by atoms with Crippen LogP contribution in [0.5, 0.6) is 23.0 Å². The summed E-state index contributed by atoms with van der Waals surface area (Å²) in [5.41, 5.74) is 4.16. The Morgan fingerprint density at radius 1 is 1.09 bits per heavy atom. The highest BCUT2D eigenvalue weighted by atomic mass is 35.5. The van der Waals surface area contributed by atoms with Gasteiger partial charge < -0.3 is 24.3 Å². The lowest BCUT2D eigenvalue weighted by molar-refractivity contribution is 0.0989. The molecule has 0 saturated heterocycles. The summed E-state index contributed by atoms with van der Waals surface area (Å²) in [4.78, 5) is 20.8. The van der Waals surface area contributed by atoms with Crippen molar-refractivity contribution in [2.75, 3.05) is 27.2 Å². The van der Waals surface area contributed by atoms with E-state index in [4.69, 9.17) is 25.8 Å². The van der Waals surface area contributed by atoms with Crippen molar-refractivity contribution in [3.63, 3.8) is 0 Å². The van der Waals surface area contributed by atoms with Crippen LogP contribution in [0.4, 0.5) is 0 Å². The number of H-pyrrole nitrogens is 1. The Bertz CT molecular complexity index is 1360. The molecule has 2 aromatic carbocycles. The molecule has 8 heteroatoms. The number of Topliss-reactive ketones (excluding diaryl/α,β-unsaturated/α-hetero) is 1. The molecule has 0 unspecified atom stereocenters. The van der Waals surface area contributed by atoms with Gasteiger partial charge in [0, 0.05) is 29.3 Å². The average molecular weight is 485 g/mol. The maximum absolute atomic E-state index is 13.3. The second-order valence-corrected chi connectivity index (χ2v) is 8.15. The highest BCUT2D eigenvalue weighted by Crippen LogP contribution is 2.43. The predicted octanol–water partition coefficient (Wildman–Crippen LogP) is 5.60. The molecule has 0 aliphatic carbocycles. The first kappa shape index (κ1) is 25.2. The van der Waals surface area contributed by atoms with E-state index in [1.165, 1.54) is 14.2 Å². The first-order valence-corrected chi connectivity index (χ1v) is 11.0. The van der Waals surface area contributed by atoms with E-state index in [1.807, 2.05) is 13.0 Å². The second-order valence-electron chi connectivity index (χ2n) is 7.77. The molecule has 2 aromatic heterocycles. The zero-order chi connectivity index (χ0) is 23.7. The number of benzene rings is 2. The zero-order valence-corrected chi connectivity index (χ0v) is 19.7. The smallest absolute Gasteiger partial charge is 0.205 e. The third-order valence-corrected chi connectivity index (χ3v) is 5.90. The van der Waals surface area contributed by atoms with Crippen molar-refractivity contribution in [1.29, 1.82) is 0 Å². The Kier molecular flexibility index (Phi) is 7.57.